The van der Waals surface area contributed by atoms with Crippen molar-refractivity contribution < 1.29 is 4.42 Å². The summed E-state index contributed by atoms with van der Waals surface area (Å²) in [6.07, 6.45) is 1.73. The summed E-state index contributed by atoms with van der Waals surface area (Å²) in [6.45, 7) is 8.21. The lowest BCUT2D eigenvalue weighted by Gasteiger charge is -2.37. The van der Waals surface area contributed by atoms with Gasteiger partial charge in [0.15, 0.2) is 5.58 Å². The summed E-state index contributed by atoms with van der Waals surface area (Å²) in [5, 5.41) is 11.0. The van der Waals surface area contributed by atoms with Gasteiger partial charge in [0.05, 0.1) is 16.3 Å². The second-order valence-electron chi connectivity index (χ2n) is 9.80. The number of hydrogen-bond acceptors (Lipinski definition) is 7. The number of benzene rings is 2. The third kappa shape index (κ3) is 4.53. The number of piperazine rings is 1. The van der Waals surface area contributed by atoms with E-state index in [-0.39, 0.29) is 5.56 Å². The van der Waals surface area contributed by atoms with Crippen LogP contribution in [0.3, 0.4) is 0 Å². The van der Waals surface area contributed by atoms with Crippen LogP contribution in [-0.2, 0) is 0 Å². The van der Waals surface area contributed by atoms with Crippen LogP contribution >= 0.6 is 23.2 Å². The van der Waals surface area contributed by atoms with Gasteiger partial charge in [0.25, 0.3) is 0 Å². The molecule has 4 heterocycles. The summed E-state index contributed by atoms with van der Waals surface area (Å²) in [4.78, 5) is 27.4. The number of halogens is 2. The second-order valence-corrected chi connectivity index (χ2v) is 10.6. The van der Waals surface area contributed by atoms with Crippen LogP contribution in [0.15, 0.2) is 63.9 Å². The second kappa shape index (κ2) is 10.0. The zero-order valence-electron chi connectivity index (χ0n) is 21.4. The molecule has 10 heteroatoms. The smallest absolute Gasteiger partial charge is 0.353 e. The maximum absolute atomic E-state index is 13.6. The molecule has 0 aliphatic carbocycles. The van der Waals surface area contributed by atoms with E-state index in [2.05, 4.69) is 34.7 Å². The fraction of sp³-hybridized carbons (Fsp3) is 0.241. The molecule has 0 radical (unpaired) electrons. The van der Waals surface area contributed by atoms with Gasteiger partial charge in [-0.15, -0.1) is 0 Å². The Bertz CT molecular complexity index is 1810. The topological polar surface area (TPSA) is 91.2 Å². The lowest BCUT2D eigenvalue weighted by atomic mass is 10.1. The highest BCUT2D eigenvalue weighted by Crippen LogP contribution is 2.36. The van der Waals surface area contributed by atoms with Crippen LogP contribution in [0.1, 0.15) is 19.4 Å². The standard InChI is InChI=1S/C29H24Cl2N6O2/c1-17(2)35-9-11-36(12-10-35)25-8-3-18(16-33-25)26-28-27(22-14-20(30)4-7-24(22)39-28)37(29(38)34-26)21-5-6-23(31)19(13-21)15-32/h3-8,13-14,16-17H,9-12H2,1-2H3. The molecule has 0 spiro atoms. The summed E-state index contributed by atoms with van der Waals surface area (Å²) in [5.41, 5.74) is 2.69. The normalized spacial score (nSPS) is 14.4. The van der Waals surface area contributed by atoms with Crippen LogP contribution in [-0.4, -0.2) is 51.7 Å². The first-order valence-electron chi connectivity index (χ1n) is 12.6. The van der Waals surface area contributed by atoms with Gasteiger partial charge in [0.1, 0.15) is 28.7 Å². The number of pyridine rings is 1. The van der Waals surface area contributed by atoms with Gasteiger partial charge in [-0.1, -0.05) is 23.2 Å². The number of aromatic nitrogens is 3. The van der Waals surface area contributed by atoms with E-state index < -0.39 is 5.69 Å². The molecule has 0 N–H and O–H groups in total. The minimum Gasteiger partial charge on any atom is -0.452 e. The van der Waals surface area contributed by atoms with Crippen LogP contribution in [0.4, 0.5) is 5.82 Å². The predicted octanol–water partition coefficient (Wildman–Crippen LogP) is 5.90. The Hall–Kier alpha value is -3.90. The Morgan fingerprint density at radius 1 is 1.03 bits per heavy atom. The Morgan fingerprint density at radius 2 is 1.82 bits per heavy atom. The number of anilines is 1. The van der Waals surface area contributed by atoms with E-state index in [0.29, 0.717) is 55.1 Å². The van der Waals surface area contributed by atoms with E-state index in [1.54, 1.807) is 42.6 Å². The highest BCUT2D eigenvalue weighted by Gasteiger charge is 2.23. The Morgan fingerprint density at radius 3 is 2.51 bits per heavy atom. The van der Waals surface area contributed by atoms with Crippen molar-refractivity contribution in [1.82, 2.24) is 19.4 Å². The Kier molecular flexibility index (Phi) is 6.51. The summed E-state index contributed by atoms with van der Waals surface area (Å²) in [7, 11) is 0. The fourth-order valence-electron chi connectivity index (χ4n) is 5.09. The third-order valence-electron chi connectivity index (χ3n) is 7.18. The van der Waals surface area contributed by atoms with Gasteiger partial charge < -0.3 is 9.32 Å². The van der Waals surface area contributed by atoms with Crippen LogP contribution in [0.2, 0.25) is 10.0 Å². The van der Waals surface area contributed by atoms with Crippen molar-refractivity contribution in [1.29, 1.82) is 5.26 Å². The minimum absolute atomic E-state index is 0.248. The van der Waals surface area contributed by atoms with Gasteiger partial charge in [0.2, 0.25) is 0 Å². The zero-order chi connectivity index (χ0) is 27.3. The van der Waals surface area contributed by atoms with Gasteiger partial charge >= 0.3 is 5.69 Å². The predicted molar refractivity (Wildman–Crippen MR) is 154 cm³/mol. The molecule has 196 valence electrons. The molecule has 1 aliphatic heterocycles. The molecular weight excluding hydrogens is 535 g/mol. The molecule has 0 saturated carbocycles. The summed E-state index contributed by atoms with van der Waals surface area (Å²) < 4.78 is 7.68. The lowest BCUT2D eigenvalue weighted by Crippen LogP contribution is -2.49. The molecule has 6 rings (SSSR count). The van der Waals surface area contributed by atoms with Crippen LogP contribution in [0.5, 0.6) is 0 Å². The van der Waals surface area contributed by atoms with Crippen LogP contribution in [0, 0.1) is 11.3 Å². The van der Waals surface area contributed by atoms with E-state index in [4.69, 9.17) is 32.6 Å². The molecule has 1 aliphatic rings. The molecule has 0 unspecified atom stereocenters. The van der Waals surface area contributed by atoms with Gasteiger partial charge in [-0.2, -0.15) is 10.2 Å². The van der Waals surface area contributed by atoms with Crippen molar-refractivity contribution in [2.45, 2.75) is 19.9 Å². The molecule has 1 fully saturated rings. The van der Waals surface area contributed by atoms with Crippen molar-refractivity contribution in [3.05, 3.63) is 80.8 Å². The first-order chi connectivity index (χ1) is 18.8. The monoisotopic (exact) mass is 558 g/mol. The van der Waals surface area contributed by atoms with Gasteiger partial charge in [-0.05, 0) is 62.4 Å². The van der Waals surface area contributed by atoms with Gasteiger partial charge in [-0.3, -0.25) is 9.47 Å². The number of nitrogens with zero attached hydrogens (tertiary/aromatic N) is 6. The first-order valence-corrected chi connectivity index (χ1v) is 13.4. The molecular formula is C29H24Cl2N6O2. The Balaban J connectivity index is 1.48. The average Bonchev–Trinajstić information content (AvgIpc) is 3.31. The molecule has 0 atom stereocenters. The summed E-state index contributed by atoms with van der Waals surface area (Å²) in [5.74, 6) is 0.883. The molecule has 5 aromatic rings. The quantitative estimate of drug-likeness (QED) is 0.271. The van der Waals surface area contributed by atoms with Crippen LogP contribution < -0.4 is 10.6 Å². The van der Waals surface area contributed by atoms with E-state index >= 15 is 0 Å². The van der Waals surface area contributed by atoms with Crippen LogP contribution in [0.25, 0.3) is 39.0 Å². The van der Waals surface area contributed by atoms with E-state index in [1.165, 1.54) is 4.57 Å². The fourth-order valence-corrected chi connectivity index (χ4v) is 5.42. The number of furan rings is 1. The van der Waals surface area contributed by atoms with Crippen molar-refractivity contribution in [2.24, 2.45) is 0 Å². The van der Waals surface area contributed by atoms with E-state index in [0.717, 1.165) is 32.0 Å². The maximum Gasteiger partial charge on any atom is 0.353 e. The largest absolute Gasteiger partial charge is 0.452 e. The number of nitriles is 1. The lowest BCUT2D eigenvalue weighted by molar-refractivity contribution is 0.209. The molecule has 3 aromatic heterocycles. The Labute approximate surface area is 234 Å². The van der Waals surface area contributed by atoms with Crippen molar-refractivity contribution in [3.8, 4) is 23.0 Å². The number of hydrogen-bond donors (Lipinski definition) is 0. The molecule has 0 amide bonds. The maximum atomic E-state index is 13.6. The highest BCUT2D eigenvalue weighted by molar-refractivity contribution is 6.32. The molecule has 0 bridgehead atoms. The average molecular weight is 559 g/mol. The highest BCUT2D eigenvalue weighted by atomic mass is 35.5. The third-order valence-corrected chi connectivity index (χ3v) is 7.74. The van der Waals surface area contributed by atoms with E-state index in [1.807, 2.05) is 12.1 Å². The SMILES string of the molecule is CC(C)N1CCN(c2ccc(-c3nc(=O)n(-c4ccc(Cl)c(C#N)c4)c4c3oc3ccc(Cl)cc34)cn2)CC1. The summed E-state index contributed by atoms with van der Waals surface area (Å²) in [6, 6.07) is 16.5. The summed E-state index contributed by atoms with van der Waals surface area (Å²) >= 11 is 12.5. The van der Waals surface area contributed by atoms with Gasteiger partial charge in [0, 0.05) is 54.4 Å². The van der Waals surface area contributed by atoms with Gasteiger partial charge in [-0.25, -0.2) is 9.78 Å². The minimum atomic E-state index is -0.528. The molecule has 1 saturated heterocycles. The first kappa shape index (κ1) is 25.4. The molecule has 39 heavy (non-hydrogen) atoms. The molecule has 8 nitrogen and oxygen atoms in total. The van der Waals surface area contributed by atoms with Crippen molar-refractivity contribution in [2.75, 3.05) is 31.1 Å². The number of rotatable bonds is 4. The molecule has 2 aromatic carbocycles. The van der Waals surface area contributed by atoms with Crippen molar-refractivity contribution >= 4 is 51.1 Å². The zero-order valence-corrected chi connectivity index (χ0v) is 22.9. The van der Waals surface area contributed by atoms with Crippen molar-refractivity contribution in [3.63, 3.8) is 0 Å². The van der Waals surface area contributed by atoms with E-state index in [9.17, 15) is 10.1 Å². The number of fused-ring (bicyclic) bond motifs is 3.